The zero-order valence-corrected chi connectivity index (χ0v) is 19.0. The van der Waals surface area contributed by atoms with Crippen LogP contribution < -0.4 is 4.90 Å². The Morgan fingerprint density at radius 3 is 2.32 bits per heavy atom. The van der Waals surface area contributed by atoms with Gasteiger partial charge in [0.1, 0.15) is 6.61 Å². The molecule has 4 rings (SSSR count). The van der Waals surface area contributed by atoms with E-state index in [1.165, 1.54) is 0 Å². The summed E-state index contributed by atoms with van der Waals surface area (Å²) in [6.07, 6.45) is 0.530. The molecule has 158 valence electrons. The number of hydrogen-bond acceptors (Lipinski definition) is 3. The Hall–Kier alpha value is -2.92. The first kappa shape index (κ1) is 21.3. The van der Waals surface area contributed by atoms with Gasteiger partial charge in [0, 0.05) is 10.2 Å². The van der Waals surface area contributed by atoms with Gasteiger partial charge in [0.05, 0.1) is 18.4 Å². The minimum atomic E-state index is -0.865. The number of benzene rings is 3. The molecule has 0 saturated carbocycles. The zero-order valence-electron chi connectivity index (χ0n) is 17.4. The Bertz CT molecular complexity index is 1080. The zero-order chi connectivity index (χ0) is 21.8. The molecule has 0 saturated heterocycles. The smallest absolute Gasteiger partial charge is 0.307 e. The molecule has 3 aromatic rings. The van der Waals surface area contributed by atoms with Crippen LogP contribution in [0.1, 0.15) is 30.0 Å². The summed E-state index contributed by atoms with van der Waals surface area (Å²) in [4.78, 5) is 28.1. The first-order valence-corrected chi connectivity index (χ1v) is 11.1. The van der Waals surface area contributed by atoms with Crippen LogP contribution in [-0.2, 0) is 33.9 Å². The van der Waals surface area contributed by atoms with Crippen molar-refractivity contribution in [2.75, 3.05) is 4.90 Å². The Morgan fingerprint density at radius 2 is 1.65 bits per heavy atom. The second-order valence-corrected chi connectivity index (χ2v) is 9.13. The maximum atomic E-state index is 13.6. The third-order valence-corrected chi connectivity index (χ3v) is 6.13. The number of ether oxygens (including phenoxy) is 1. The van der Waals surface area contributed by atoms with Crippen LogP contribution >= 0.6 is 15.9 Å². The summed E-state index contributed by atoms with van der Waals surface area (Å²) in [5, 5.41) is 0. The van der Waals surface area contributed by atoms with E-state index in [1.54, 1.807) is 4.90 Å². The number of rotatable bonds is 6. The number of amides is 1. The van der Waals surface area contributed by atoms with Gasteiger partial charge in [-0.25, -0.2) is 0 Å². The van der Waals surface area contributed by atoms with E-state index in [1.807, 2.05) is 85.8 Å². The molecule has 1 heterocycles. The Balaban J connectivity index is 1.56. The molecule has 0 N–H and O–H groups in total. The third-order valence-electron chi connectivity index (χ3n) is 5.64. The highest BCUT2D eigenvalue weighted by atomic mass is 79.9. The summed E-state index contributed by atoms with van der Waals surface area (Å²) in [6, 6.07) is 25.4. The van der Waals surface area contributed by atoms with Crippen LogP contribution in [0.25, 0.3) is 0 Å². The second kappa shape index (κ2) is 9.06. The van der Waals surface area contributed by atoms with Crippen LogP contribution in [-0.4, -0.2) is 11.9 Å². The van der Waals surface area contributed by atoms with Gasteiger partial charge < -0.3 is 9.64 Å². The van der Waals surface area contributed by atoms with Crippen LogP contribution in [0, 0.1) is 5.41 Å². The molecule has 1 atom stereocenters. The molecule has 1 amide bonds. The normalized spacial score (nSPS) is 17.9. The standard InChI is InChI=1S/C26H24BrNO3/c1-26(16-24(29)31-18-20-10-6-3-7-11-20)15-21-14-22(27)12-13-23(21)28(25(26)30)17-19-8-4-2-5-9-19/h2-14H,15-18H2,1H3. The SMILES string of the molecule is CC1(CC(=O)OCc2ccccc2)Cc2cc(Br)ccc2N(Cc2ccccc2)C1=O. The molecular formula is C26H24BrNO3. The molecule has 0 radical (unpaired) electrons. The largest absolute Gasteiger partial charge is 0.461 e. The fraction of sp³-hybridized carbons (Fsp3) is 0.231. The Labute approximate surface area is 191 Å². The van der Waals surface area contributed by atoms with Crippen LogP contribution in [0.15, 0.2) is 83.3 Å². The fourth-order valence-electron chi connectivity index (χ4n) is 4.06. The lowest BCUT2D eigenvalue weighted by atomic mass is 9.76. The number of nitrogens with zero attached hydrogens (tertiary/aromatic N) is 1. The van der Waals surface area contributed by atoms with E-state index in [0.717, 1.165) is 26.9 Å². The van der Waals surface area contributed by atoms with E-state index in [9.17, 15) is 9.59 Å². The molecule has 0 bridgehead atoms. The lowest BCUT2D eigenvalue weighted by molar-refractivity contribution is -0.150. The van der Waals surface area contributed by atoms with Crippen molar-refractivity contribution < 1.29 is 14.3 Å². The molecular weight excluding hydrogens is 454 g/mol. The molecule has 0 fully saturated rings. The number of anilines is 1. The quantitative estimate of drug-likeness (QED) is 0.429. The molecule has 1 aliphatic rings. The van der Waals surface area contributed by atoms with E-state index < -0.39 is 5.41 Å². The van der Waals surface area contributed by atoms with E-state index in [4.69, 9.17) is 4.74 Å². The van der Waals surface area contributed by atoms with Crippen LogP contribution in [0.4, 0.5) is 5.69 Å². The first-order valence-electron chi connectivity index (χ1n) is 10.3. The van der Waals surface area contributed by atoms with Gasteiger partial charge in [0.15, 0.2) is 0 Å². The van der Waals surface area contributed by atoms with Gasteiger partial charge in [-0.2, -0.15) is 0 Å². The summed E-state index contributed by atoms with van der Waals surface area (Å²) < 4.78 is 6.44. The van der Waals surface area contributed by atoms with Crippen LogP contribution in [0.5, 0.6) is 0 Å². The highest BCUT2D eigenvalue weighted by molar-refractivity contribution is 9.10. The van der Waals surface area contributed by atoms with Crippen LogP contribution in [0.3, 0.4) is 0 Å². The lowest BCUT2D eigenvalue weighted by Gasteiger charge is -2.40. The van der Waals surface area contributed by atoms with Gasteiger partial charge in [-0.05, 0) is 48.2 Å². The van der Waals surface area contributed by atoms with Gasteiger partial charge in [-0.1, -0.05) is 76.6 Å². The maximum absolute atomic E-state index is 13.6. The number of esters is 1. The molecule has 4 nitrogen and oxygen atoms in total. The number of fused-ring (bicyclic) bond motifs is 1. The molecule has 1 unspecified atom stereocenters. The fourth-order valence-corrected chi connectivity index (χ4v) is 4.47. The molecule has 0 aromatic heterocycles. The summed E-state index contributed by atoms with van der Waals surface area (Å²) in [7, 11) is 0. The summed E-state index contributed by atoms with van der Waals surface area (Å²) in [5.74, 6) is -0.416. The van der Waals surface area contributed by atoms with E-state index in [-0.39, 0.29) is 24.9 Å². The number of halogens is 1. The lowest BCUT2D eigenvalue weighted by Crippen LogP contribution is -2.48. The average molecular weight is 478 g/mol. The molecule has 0 aliphatic carbocycles. The van der Waals surface area contributed by atoms with Crippen molar-refractivity contribution in [3.8, 4) is 0 Å². The number of carbonyl (C=O) groups is 2. The Kier molecular flexibility index (Phi) is 6.23. The van der Waals surface area contributed by atoms with Gasteiger partial charge >= 0.3 is 5.97 Å². The average Bonchev–Trinajstić information content (AvgIpc) is 2.77. The number of hydrogen-bond donors (Lipinski definition) is 0. The van der Waals surface area contributed by atoms with Gasteiger partial charge in [0.25, 0.3) is 0 Å². The van der Waals surface area contributed by atoms with Crippen molar-refractivity contribution in [2.24, 2.45) is 5.41 Å². The van der Waals surface area contributed by atoms with Crippen molar-refractivity contribution in [3.63, 3.8) is 0 Å². The predicted octanol–water partition coefficient (Wildman–Crippen LogP) is 5.68. The Morgan fingerprint density at radius 1 is 1.00 bits per heavy atom. The second-order valence-electron chi connectivity index (χ2n) is 8.21. The summed E-state index contributed by atoms with van der Waals surface area (Å²) in [6.45, 7) is 2.53. The monoisotopic (exact) mass is 477 g/mol. The summed E-state index contributed by atoms with van der Waals surface area (Å²) >= 11 is 3.54. The molecule has 0 spiro atoms. The highest BCUT2D eigenvalue weighted by Crippen LogP contribution is 2.41. The van der Waals surface area contributed by atoms with E-state index in [0.29, 0.717) is 13.0 Å². The third kappa shape index (κ3) is 4.88. The van der Waals surface area contributed by atoms with Gasteiger partial charge in [0.2, 0.25) is 5.91 Å². The predicted molar refractivity (Wildman–Crippen MR) is 124 cm³/mol. The minimum absolute atomic E-state index is 0.0376. The maximum Gasteiger partial charge on any atom is 0.307 e. The van der Waals surface area contributed by atoms with E-state index >= 15 is 0 Å². The summed E-state index contributed by atoms with van der Waals surface area (Å²) in [5.41, 5.74) is 3.04. The van der Waals surface area contributed by atoms with Crippen molar-refractivity contribution in [1.82, 2.24) is 0 Å². The first-order chi connectivity index (χ1) is 14.9. The van der Waals surface area contributed by atoms with Crippen LogP contribution in [0.2, 0.25) is 0 Å². The van der Waals surface area contributed by atoms with Crippen molar-refractivity contribution in [1.29, 1.82) is 0 Å². The molecule has 5 heteroatoms. The van der Waals surface area contributed by atoms with Gasteiger partial charge in [-0.15, -0.1) is 0 Å². The van der Waals surface area contributed by atoms with Crippen molar-refractivity contribution >= 4 is 33.5 Å². The molecule has 1 aliphatic heterocycles. The van der Waals surface area contributed by atoms with Crippen molar-refractivity contribution in [3.05, 3.63) is 100 Å². The number of carbonyl (C=O) groups excluding carboxylic acids is 2. The minimum Gasteiger partial charge on any atom is -0.461 e. The van der Waals surface area contributed by atoms with Crippen molar-refractivity contribution in [2.45, 2.75) is 32.9 Å². The van der Waals surface area contributed by atoms with E-state index in [2.05, 4.69) is 15.9 Å². The molecule has 3 aromatic carbocycles. The molecule has 31 heavy (non-hydrogen) atoms. The highest BCUT2D eigenvalue weighted by Gasteiger charge is 2.44. The van der Waals surface area contributed by atoms with Gasteiger partial charge in [-0.3, -0.25) is 9.59 Å². The topological polar surface area (TPSA) is 46.6 Å².